The zero-order valence-corrected chi connectivity index (χ0v) is 12.6. The number of hydrogen-bond acceptors (Lipinski definition) is 3. The van der Waals surface area contributed by atoms with E-state index in [0.29, 0.717) is 10.7 Å². The van der Waals surface area contributed by atoms with Crippen LogP contribution in [-0.2, 0) is 0 Å². The van der Waals surface area contributed by atoms with Crippen LogP contribution in [-0.4, -0.2) is 9.97 Å². The van der Waals surface area contributed by atoms with Crippen molar-refractivity contribution in [2.24, 2.45) is 0 Å². The Morgan fingerprint density at radius 2 is 2.17 bits per heavy atom. The highest BCUT2D eigenvalue weighted by Crippen LogP contribution is 2.35. The summed E-state index contributed by atoms with van der Waals surface area (Å²) in [6, 6.07) is 5.63. The van der Waals surface area contributed by atoms with E-state index in [9.17, 15) is 0 Å². The average molecular weight is 343 g/mol. The highest BCUT2D eigenvalue weighted by Gasteiger charge is 2.12. The SMILES string of the molecule is Cc1cc(-c2nc3c(N)cc(Cl)cc3[nH]2)sc1Br. The molecular weight excluding hydrogens is 334 g/mol. The lowest BCUT2D eigenvalue weighted by Crippen LogP contribution is -1.86. The van der Waals surface area contributed by atoms with E-state index < -0.39 is 0 Å². The fraction of sp³-hybridized carbons (Fsp3) is 0.0833. The van der Waals surface area contributed by atoms with Crippen LogP contribution < -0.4 is 5.73 Å². The molecule has 0 saturated heterocycles. The highest BCUT2D eigenvalue weighted by atomic mass is 79.9. The quantitative estimate of drug-likeness (QED) is 0.635. The van der Waals surface area contributed by atoms with Gasteiger partial charge in [-0.3, -0.25) is 0 Å². The van der Waals surface area contributed by atoms with Crippen LogP contribution in [0.3, 0.4) is 0 Å². The molecule has 3 N–H and O–H groups in total. The normalized spacial score (nSPS) is 11.3. The average Bonchev–Trinajstić information content (AvgIpc) is 2.84. The van der Waals surface area contributed by atoms with Crippen molar-refractivity contribution in [1.82, 2.24) is 9.97 Å². The van der Waals surface area contributed by atoms with Crippen LogP contribution in [0.25, 0.3) is 21.7 Å². The third kappa shape index (κ3) is 1.92. The Morgan fingerprint density at radius 3 is 2.83 bits per heavy atom. The van der Waals surface area contributed by atoms with Crippen molar-refractivity contribution in [3.05, 3.63) is 32.6 Å². The summed E-state index contributed by atoms with van der Waals surface area (Å²) in [5.74, 6) is 0.817. The number of fused-ring (bicyclic) bond motifs is 1. The number of nitrogen functional groups attached to an aromatic ring is 1. The molecule has 0 amide bonds. The fourth-order valence-corrected chi connectivity index (χ4v) is 3.51. The Balaban J connectivity index is 2.22. The Bertz CT molecular complexity index is 728. The second-order valence-corrected chi connectivity index (χ2v) is 6.85. The van der Waals surface area contributed by atoms with E-state index in [1.54, 1.807) is 17.4 Å². The maximum Gasteiger partial charge on any atom is 0.148 e. The number of rotatable bonds is 1. The Hall–Kier alpha value is -1.04. The molecule has 0 bridgehead atoms. The summed E-state index contributed by atoms with van der Waals surface area (Å²) in [5.41, 5.74) is 9.32. The zero-order valence-electron chi connectivity index (χ0n) is 9.42. The molecule has 92 valence electrons. The van der Waals surface area contributed by atoms with Gasteiger partial charge < -0.3 is 10.7 Å². The second kappa shape index (κ2) is 4.26. The van der Waals surface area contributed by atoms with Crippen LogP contribution in [0.5, 0.6) is 0 Å². The largest absolute Gasteiger partial charge is 0.397 e. The minimum atomic E-state index is 0.590. The predicted molar refractivity (Wildman–Crippen MR) is 81.3 cm³/mol. The van der Waals surface area contributed by atoms with Gasteiger partial charge in [-0.15, -0.1) is 11.3 Å². The second-order valence-electron chi connectivity index (χ2n) is 4.04. The Kier molecular flexibility index (Phi) is 2.84. The van der Waals surface area contributed by atoms with Gasteiger partial charge in [0.05, 0.1) is 19.9 Å². The van der Waals surface area contributed by atoms with Crippen LogP contribution in [0.1, 0.15) is 5.56 Å². The zero-order chi connectivity index (χ0) is 12.9. The van der Waals surface area contributed by atoms with Crippen LogP contribution in [0, 0.1) is 6.92 Å². The van der Waals surface area contributed by atoms with Crippen molar-refractivity contribution in [2.75, 3.05) is 5.73 Å². The third-order valence-corrected chi connectivity index (χ3v) is 5.03. The number of nitrogens with two attached hydrogens (primary N) is 1. The minimum absolute atomic E-state index is 0.590. The van der Waals surface area contributed by atoms with Gasteiger partial charge in [0.25, 0.3) is 0 Å². The van der Waals surface area contributed by atoms with Gasteiger partial charge in [0.15, 0.2) is 0 Å². The lowest BCUT2D eigenvalue weighted by molar-refractivity contribution is 1.35. The van der Waals surface area contributed by atoms with E-state index in [2.05, 4.69) is 38.9 Å². The summed E-state index contributed by atoms with van der Waals surface area (Å²) in [7, 11) is 0. The summed E-state index contributed by atoms with van der Waals surface area (Å²) in [4.78, 5) is 8.85. The van der Waals surface area contributed by atoms with Crippen molar-refractivity contribution in [1.29, 1.82) is 0 Å². The highest BCUT2D eigenvalue weighted by molar-refractivity contribution is 9.11. The van der Waals surface area contributed by atoms with E-state index in [0.717, 1.165) is 25.5 Å². The van der Waals surface area contributed by atoms with E-state index in [4.69, 9.17) is 17.3 Å². The van der Waals surface area contributed by atoms with Crippen LogP contribution in [0.15, 0.2) is 22.0 Å². The van der Waals surface area contributed by atoms with E-state index in [1.807, 2.05) is 6.07 Å². The number of hydrogen-bond donors (Lipinski definition) is 2. The predicted octanol–water partition coefficient (Wildman–Crippen LogP) is 4.60. The van der Waals surface area contributed by atoms with Gasteiger partial charge >= 0.3 is 0 Å². The molecule has 0 atom stereocenters. The number of benzene rings is 1. The molecule has 0 unspecified atom stereocenters. The number of nitrogens with one attached hydrogen (secondary N) is 1. The van der Waals surface area contributed by atoms with Gasteiger partial charge in [-0.25, -0.2) is 4.98 Å². The molecule has 18 heavy (non-hydrogen) atoms. The van der Waals surface area contributed by atoms with Gasteiger partial charge in [-0.2, -0.15) is 0 Å². The first-order chi connectivity index (χ1) is 8.54. The lowest BCUT2D eigenvalue weighted by Gasteiger charge is -1.94. The van der Waals surface area contributed by atoms with Crippen LogP contribution >= 0.6 is 38.9 Å². The van der Waals surface area contributed by atoms with Gasteiger partial charge in [-0.1, -0.05) is 11.6 Å². The standard InChI is InChI=1S/C12H9BrClN3S/c1-5-2-9(18-11(5)13)12-16-8-4-6(14)3-7(15)10(8)17-12/h2-4H,15H2,1H3,(H,16,17). The minimum Gasteiger partial charge on any atom is -0.397 e. The summed E-state index contributed by atoms with van der Waals surface area (Å²) >= 11 is 11.1. The van der Waals surface area contributed by atoms with Crippen LogP contribution in [0.2, 0.25) is 5.02 Å². The van der Waals surface area contributed by atoms with Gasteiger partial charge in [-0.05, 0) is 46.6 Å². The molecule has 0 saturated carbocycles. The smallest absolute Gasteiger partial charge is 0.148 e. The fourth-order valence-electron chi connectivity index (χ4n) is 1.80. The molecule has 0 aliphatic rings. The number of H-pyrrole nitrogens is 1. The van der Waals surface area contributed by atoms with Crippen molar-refractivity contribution in [2.45, 2.75) is 6.92 Å². The van der Waals surface area contributed by atoms with E-state index in [-0.39, 0.29) is 0 Å². The molecule has 0 fully saturated rings. The maximum atomic E-state index is 5.98. The van der Waals surface area contributed by atoms with Crippen molar-refractivity contribution in [3.8, 4) is 10.7 Å². The number of aromatic amines is 1. The Morgan fingerprint density at radius 1 is 1.39 bits per heavy atom. The summed E-state index contributed by atoms with van der Waals surface area (Å²) in [6.07, 6.45) is 0. The molecule has 3 rings (SSSR count). The molecule has 0 aliphatic carbocycles. The lowest BCUT2D eigenvalue weighted by atomic mass is 10.3. The number of thiophene rings is 1. The topological polar surface area (TPSA) is 54.7 Å². The molecule has 0 radical (unpaired) electrons. The van der Waals surface area contributed by atoms with Crippen molar-refractivity contribution >= 4 is 55.6 Å². The van der Waals surface area contributed by atoms with Gasteiger partial charge in [0.1, 0.15) is 11.3 Å². The molecular formula is C12H9BrClN3S. The molecule has 3 aromatic rings. The first kappa shape index (κ1) is 12.0. The number of anilines is 1. The maximum absolute atomic E-state index is 5.98. The monoisotopic (exact) mass is 341 g/mol. The number of aromatic nitrogens is 2. The molecule has 0 spiro atoms. The Labute approximate surface area is 121 Å². The van der Waals surface area contributed by atoms with Gasteiger partial charge in [0, 0.05) is 5.02 Å². The summed E-state index contributed by atoms with van der Waals surface area (Å²) in [5, 5.41) is 0.610. The third-order valence-electron chi connectivity index (χ3n) is 2.67. The first-order valence-corrected chi connectivity index (χ1v) is 7.24. The van der Waals surface area contributed by atoms with Gasteiger partial charge in [0.2, 0.25) is 0 Å². The molecule has 6 heteroatoms. The number of halogens is 2. The number of aryl methyl sites for hydroxylation is 1. The number of nitrogens with zero attached hydrogens (tertiary/aromatic N) is 1. The van der Waals surface area contributed by atoms with Crippen LogP contribution in [0.4, 0.5) is 5.69 Å². The summed E-state index contributed by atoms with van der Waals surface area (Å²) < 4.78 is 1.11. The van der Waals surface area contributed by atoms with Crippen molar-refractivity contribution < 1.29 is 0 Å². The molecule has 1 aromatic carbocycles. The summed E-state index contributed by atoms with van der Waals surface area (Å²) in [6.45, 7) is 2.05. The first-order valence-electron chi connectivity index (χ1n) is 5.25. The molecule has 3 nitrogen and oxygen atoms in total. The van der Waals surface area contributed by atoms with Crippen molar-refractivity contribution in [3.63, 3.8) is 0 Å². The van der Waals surface area contributed by atoms with E-state index in [1.165, 1.54) is 5.56 Å². The van der Waals surface area contributed by atoms with E-state index >= 15 is 0 Å². The number of imidazole rings is 1. The molecule has 0 aliphatic heterocycles. The molecule has 2 heterocycles. The molecule has 2 aromatic heterocycles.